The number of anilines is 1. The van der Waals surface area contributed by atoms with Crippen molar-refractivity contribution in [3.05, 3.63) is 49.3 Å². The van der Waals surface area contributed by atoms with Crippen molar-refractivity contribution in [2.45, 2.75) is 0 Å². The Bertz CT molecular complexity index is 876. The van der Waals surface area contributed by atoms with Gasteiger partial charge in [-0.15, -0.1) is 0 Å². The standard InChI is InChI=1S/C13H11N9/c14-11-10(9-7-15-16-8-9)12(21-5-1-3-17-21)20-13(19-11)22-6-2-4-18-22/h1-8H,(H,15,16)(H2,14,19,20). The van der Waals surface area contributed by atoms with Crippen LogP contribution in [0.4, 0.5) is 5.82 Å². The molecule has 4 heterocycles. The van der Waals surface area contributed by atoms with E-state index >= 15 is 0 Å². The molecular formula is C13H11N9. The van der Waals surface area contributed by atoms with Gasteiger partial charge in [0.15, 0.2) is 5.82 Å². The highest BCUT2D eigenvalue weighted by Gasteiger charge is 2.18. The SMILES string of the molecule is Nc1nc(-n2cccn2)nc(-n2cccn2)c1-c1cn[nH]c1. The molecule has 0 aliphatic carbocycles. The zero-order valence-electron chi connectivity index (χ0n) is 11.3. The lowest BCUT2D eigenvalue weighted by Gasteiger charge is -2.11. The summed E-state index contributed by atoms with van der Waals surface area (Å²) < 4.78 is 3.18. The van der Waals surface area contributed by atoms with Gasteiger partial charge in [-0.1, -0.05) is 0 Å². The molecule has 22 heavy (non-hydrogen) atoms. The Balaban J connectivity index is 1.99. The molecule has 0 fully saturated rings. The second-order valence-electron chi connectivity index (χ2n) is 4.50. The predicted octanol–water partition coefficient (Wildman–Crippen LogP) is 0.820. The summed E-state index contributed by atoms with van der Waals surface area (Å²) in [6.07, 6.45) is 10.3. The van der Waals surface area contributed by atoms with Gasteiger partial charge in [0.1, 0.15) is 5.82 Å². The van der Waals surface area contributed by atoms with E-state index in [9.17, 15) is 0 Å². The molecule has 9 nitrogen and oxygen atoms in total. The van der Waals surface area contributed by atoms with E-state index in [1.54, 1.807) is 52.6 Å². The third-order valence-corrected chi connectivity index (χ3v) is 3.12. The topological polar surface area (TPSA) is 116 Å². The van der Waals surface area contributed by atoms with Crippen LogP contribution in [0.5, 0.6) is 0 Å². The molecule has 4 rings (SSSR count). The zero-order chi connectivity index (χ0) is 14.9. The van der Waals surface area contributed by atoms with E-state index in [0.717, 1.165) is 5.56 Å². The summed E-state index contributed by atoms with van der Waals surface area (Å²) >= 11 is 0. The minimum absolute atomic E-state index is 0.326. The maximum atomic E-state index is 6.15. The smallest absolute Gasteiger partial charge is 0.254 e. The lowest BCUT2D eigenvalue weighted by atomic mass is 10.1. The van der Waals surface area contributed by atoms with Crippen LogP contribution in [0.25, 0.3) is 22.9 Å². The van der Waals surface area contributed by atoms with E-state index in [1.807, 2.05) is 6.07 Å². The molecule has 0 amide bonds. The van der Waals surface area contributed by atoms with Gasteiger partial charge in [0.05, 0.1) is 11.8 Å². The monoisotopic (exact) mass is 293 g/mol. The van der Waals surface area contributed by atoms with Crippen molar-refractivity contribution in [2.24, 2.45) is 0 Å². The maximum absolute atomic E-state index is 6.15. The lowest BCUT2D eigenvalue weighted by Crippen LogP contribution is -2.11. The highest BCUT2D eigenvalue weighted by atomic mass is 15.4. The second-order valence-corrected chi connectivity index (χ2v) is 4.50. The molecule has 0 bridgehead atoms. The van der Waals surface area contributed by atoms with Crippen LogP contribution in [0.3, 0.4) is 0 Å². The Hall–Kier alpha value is -3.49. The average molecular weight is 293 g/mol. The van der Waals surface area contributed by atoms with Gasteiger partial charge in [-0.2, -0.15) is 25.3 Å². The number of aromatic amines is 1. The molecule has 0 aliphatic rings. The maximum Gasteiger partial charge on any atom is 0.254 e. The molecule has 9 heteroatoms. The van der Waals surface area contributed by atoms with E-state index < -0.39 is 0 Å². The van der Waals surface area contributed by atoms with Crippen LogP contribution in [0.2, 0.25) is 0 Å². The van der Waals surface area contributed by atoms with Crippen LogP contribution in [-0.4, -0.2) is 39.7 Å². The van der Waals surface area contributed by atoms with Crippen molar-refractivity contribution in [2.75, 3.05) is 5.73 Å². The molecule has 4 aromatic rings. The molecule has 0 aromatic carbocycles. The van der Waals surface area contributed by atoms with E-state index in [4.69, 9.17) is 5.73 Å². The van der Waals surface area contributed by atoms with E-state index in [0.29, 0.717) is 23.1 Å². The molecule has 3 N–H and O–H groups in total. The largest absolute Gasteiger partial charge is 0.383 e. The number of aromatic nitrogens is 8. The minimum Gasteiger partial charge on any atom is -0.383 e. The van der Waals surface area contributed by atoms with Crippen LogP contribution in [0, 0.1) is 0 Å². The van der Waals surface area contributed by atoms with Gasteiger partial charge in [-0.05, 0) is 12.1 Å². The van der Waals surface area contributed by atoms with Gasteiger partial charge in [0.25, 0.3) is 5.95 Å². The first-order chi connectivity index (χ1) is 10.8. The van der Waals surface area contributed by atoms with Crippen molar-refractivity contribution >= 4 is 5.82 Å². The first-order valence-corrected chi connectivity index (χ1v) is 6.49. The molecule has 0 saturated carbocycles. The van der Waals surface area contributed by atoms with Crippen LogP contribution >= 0.6 is 0 Å². The van der Waals surface area contributed by atoms with Gasteiger partial charge in [0, 0.05) is 36.5 Å². The molecule has 108 valence electrons. The number of rotatable bonds is 3. The fourth-order valence-corrected chi connectivity index (χ4v) is 2.17. The Morgan fingerprint density at radius 2 is 1.77 bits per heavy atom. The number of nitrogens with one attached hydrogen (secondary N) is 1. The summed E-state index contributed by atoms with van der Waals surface area (Å²) in [4.78, 5) is 8.87. The van der Waals surface area contributed by atoms with Crippen molar-refractivity contribution < 1.29 is 0 Å². The van der Waals surface area contributed by atoms with Gasteiger partial charge < -0.3 is 5.73 Å². The van der Waals surface area contributed by atoms with Crippen LogP contribution in [0.1, 0.15) is 0 Å². The van der Waals surface area contributed by atoms with E-state index in [1.165, 1.54) is 0 Å². The number of hydrogen-bond donors (Lipinski definition) is 2. The number of hydrogen-bond acceptors (Lipinski definition) is 6. The number of nitrogens with two attached hydrogens (primary N) is 1. The van der Waals surface area contributed by atoms with Crippen LogP contribution < -0.4 is 5.73 Å². The lowest BCUT2D eigenvalue weighted by molar-refractivity contribution is 0.778. The predicted molar refractivity (Wildman–Crippen MR) is 78.3 cm³/mol. The Labute approximate surface area is 124 Å². The second kappa shape index (κ2) is 4.81. The van der Waals surface area contributed by atoms with Gasteiger partial charge in [-0.25, -0.2) is 9.36 Å². The molecule has 0 atom stereocenters. The van der Waals surface area contributed by atoms with Crippen molar-refractivity contribution in [3.63, 3.8) is 0 Å². The van der Waals surface area contributed by atoms with Crippen LogP contribution in [-0.2, 0) is 0 Å². The first kappa shape index (κ1) is 12.3. The van der Waals surface area contributed by atoms with Crippen LogP contribution in [0.15, 0.2) is 49.3 Å². The van der Waals surface area contributed by atoms with E-state index in [2.05, 4.69) is 30.4 Å². The Morgan fingerprint density at radius 3 is 2.41 bits per heavy atom. The minimum atomic E-state index is 0.326. The fourth-order valence-electron chi connectivity index (χ4n) is 2.17. The highest BCUT2D eigenvalue weighted by molar-refractivity contribution is 5.79. The summed E-state index contributed by atoms with van der Waals surface area (Å²) in [6.45, 7) is 0. The summed E-state index contributed by atoms with van der Waals surface area (Å²) in [7, 11) is 0. The number of H-pyrrole nitrogens is 1. The third-order valence-electron chi connectivity index (χ3n) is 3.12. The van der Waals surface area contributed by atoms with Crippen molar-refractivity contribution in [1.82, 2.24) is 39.7 Å². The van der Waals surface area contributed by atoms with Gasteiger partial charge in [-0.3, -0.25) is 5.10 Å². The molecule has 0 spiro atoms. The Morgan fingerprint density at radius 1 is 1.00 bits per heavy atom. The molecule has 0 radical (unpaired) electrons. The van der Waals surface area contributed by atoms with Gasteiger partial charge >= 0.3 is 0 Å². The molecular weight excluding hydrogens is 282 g/mol. The average Bonchev–Trinajstić information content (AvgIpc) is 3.27. The summed E-state index contributed by atoms with van der Waals surface area (Å²) in [5.41, 5.74) is 7.60. The summed E-state index contributed by atoms with van der Waals surface area (Å²) in [5, 5.41) is 15.1. The first-order valence-electron chi connectivity index (χ1n) is 6.49. The van der Waals surface area contributed by atoms with Gasteiger partial charge in [0.2, 0.25) is 0 Å². The number of nitrogen functional groups attached to an aromatic ring is 1. The fraction of sp³-hybridized carbons (Fsp3) is 0. The summed E-state index contributed by atoms with van der Waals surface area (Å²) in [6, 6.07) is 3.60. The Kier molecular flexibility index (Phi) is 2.68. The zero-order valence-corrected chi connectivity index (χ0v) is 11.3. The molecule has 4 aromatic heterocycles. The highest BCUT2D eigenvalue weighted by Crippen LogP contribution is 2.29. The molecule has 0 saturated heterocycles. The third kappa shape index (κ3) is 1.92. The summed E-state index contributed by atoms with van der Waals surface area (Å²) in [5.74, 6) is 1.26. The molecule has 0 aliphatic heterocycles. The molecule has 0 unspecified atom stereocenters. The number of nitrogens with zero attached hydrogens (tertiary/aromatic N) is 7. The normalized spacial score (nSPS) is 10.9. The van der Waals surface area contributed by atoms with Crippen molar-refractivity contribution in [3.8, 4) is 22.9 Å². The van der Waals surface area contributed by atoms with Crippen molar-refractivity contribution in [1.29, 1.82) is 0 Å². The van der Waals surface area contributed by atoms with E-state index in [-0.39, 0.29) is 0 Å². The quantitative estimate of drug-likeness (QED) is 0.577.